The highest BCUT2D eigenvalue weighted by atomic mass is 16.6. The Labute approximate surface area is 109 Å². The summed E-state index contributed by atoms with van der Waals surface area (Å²) in [6, 6.07) is 15.2. The third-order valence-electron chi connectivity index (χ3n) is 2.51. The van der Waals surface area contributed by atoms with Crippen LogP contribution >= 0.6 is 0 Å². The van der Waals surface area contributed by atoms with E-state index in [1.807, 2.05) is 6.07 Å². The normalized spacial score (nSPS) is 9.63. The first-order valence-electron chi connectivity index (χ1n) is 5.56. The second-order valence-corrected chi connectivity index (χ2v) is 3.83. The molecule has 0 bridgehead atoms. The lowest BCUT2D eigenvalue weighted by atomic mass is 10.1. The van der Waals surface area contributed by atoms with Crippen LogP contribution in [0.2, 0.25) is 0 Å². The highest BCUT2D eigenvalue weighted by Gasteiger charge is 2.13. The second kappa shape index (κ2) is 5.65. The van der Waals surface area contributed by atoms with E-state index in [2.05, 4.69) is 0 Å². The minimum absolute atomic E-state index is 0.0704. The van der Waals surface area contributed by atoms with Crippen LogP contribution in [0.5, 0.6) is 5.75 Å². The van der Waals surface area contributed by atoms with Crippen LogP contribution in [0.1, 0.15) is 11.1 Å². The van der Waals surface area contributed by atoms with E-state index in [9.17, 15) is 10.1 Å². The minimum Gasteiger partial charge on any atom is -0.482 e. The van der Waals surface area contributed by atoms with E-state index in [0.717, 1.165) is 5.56 Å². The molecule has 0 aliphatic heterocycles. The molecule has 2 aromatic rings. The smallest absolute Gasteiger partial charge is 0.310 e. The summed E-state index contributed by atoms with van der Waals surface area (Å²) >= 11 is 0. The van der Waals surface area contributed by atoms with Gasteiger partial charge in [0.2, 0.25) is 0 Å². The van der Waals surface area contributed by atoms with Gasteiger partial charge in [-0.05, 0) is 23.8 Å². The van der Waals surface area contributed by atoms with Gasteiger partial charge in [0.25, 0.3) is 0 Å². The predicted molar refractivity (Wildman–Crippen MR) is 68.6 cm³/mol. The van der Waals surface area contributed by atoms with Crippen molar-refractivity contribution < 1.29 is 9.66 Å². The standard InChI is InChI=1S/C14H10N2O3/c15-9-11-4-3-5-12(8-11)10-19-14-7-2-1-6-13(14)16(17)18/h1-8H,10H2. The third-order valence-corrected chi connectivity index (χ3v) is 2.51. The Bertz CT molecular complexity index is 647. The molecule has 94 valence electrons. The fourth-order valence-electron chi connectivity index (χ4n) is 1.62. The lowest BCUT2D eigenvalue weighted by Crippen LogP contribution is -1.99. The number of hydrogen-bond donors (Lipinski definition) is 0. The molecule has 0 aliphatic rings. The van der Waals surface area contributed by atoms with Crippen LogP contribution in [-0.4, -0.2) is 4.92 Å². The number of nitrogens with zero attached hydrogens (tertiary/aromatic N) is 2. The van der Waals surface area contributed by atoms with E-state index < -0.39 is 4.92 Å². The number of nitro benzene ring substituents is 1. The molecule has 0 amide bonds. The highest BCUT2D eigenvalue weighted by molar-refractivity contribution is 5.45. The molecule has 0 spiro atoms. The maximum absolute atomic E-state index is 10.8. The number of nitriles is 1. The molecule has 0 saturated carbocycles. The molecular formula is C14H10N2O3. The first-order valence-corrected chi connectivity index (χ1v) is 5.56. The van der Waals surface area contributed by atoms with Crippen molar-refractivity contribution in [1.82, 2.24) is 0 Å². The Kier molecular flexibility index (Phi) is 3.74. The zero-order chi connectivity index (χ0) is 13.7. The maximum atomic E-state index is 10.8. The largest absolute Gasteiger partial charge is 0.482 e. The molecule has 2 rings (SSSR count). The van der Waals surface area contributed by atoms with Gasteiger partial charge < -0.3 is 4.74 Å². The summed E-state index contributed by atoms with van der Waals surface area (Å²) in [7, 11) is 0. The highest BCUT2D eigenvalue weighted by Crippen LogP contribution is 2.26. The SMILES string of the molecule is N#Cc1cccc(COc2ccccc2[N+](=O)[O-])c1. The predicted octanol–water partition coefficient (Wildman–Crippen LogP) is 3.05. The van der Waals surface area contributed by atoms with Crippen molar-refractivity contribution in [2.75, 3.05) is 0 Å². The molecule has 5 heteroatoms. The number of rotatable bonds is 4. The van der Waals surface area contributed by atoms with Gasteiger partial charge in [0, 0.05) is 6.07 Å². The van der Waals surface area contributed by atoms with Crippen LogP contribution in [-0.2, 0) is 6.61 Å². The van der Waals surface area contributed by atoms with Crippen LogP contribution in [0.4, 0.5) is 5.69 Å². The van der Waals surface area contributed by atoms with Crippen LogP contribution in [0.15, 0.2) is 48.5 Å². The number of nitro groups is 1. The Morgan fingerprint density at radius 2 is 2.00 bits per heavy atom. The quantitative estimate of drug-likeness (QED) is 0.620. The van der Waals surface area contributed by atoms with Crippen molar-refractivity contribution in [3.05, 3.63) is 69.8 Å². The third kappa shape index (κ3) is 3.07. The summed E-state index contributed by atoms with van der Waals surface area (Å²) in [5.41, 5.74) is 1.25. The Morgan fingerprint density at radius 3 is 2.74 bits per heavy atom. The fourth-order valence-corrected chi connectivity index (χ4v) is 1.62. The van der Waals surface area contributed by atoms with Crippen molar-refractivity contribution in [1.29, 1.82) is 5.26 Å². The van der Waals surface area contributed by atoms with Gasteiger partial charge in [-0.1, -0.05) is 24.3 Å². The summed E-state index contributed by atoms with van der Waals surface area (Å²) in [6.45, 7) is 0.181. The van der Waals surface area contributed by atoms with Gasteiger partial charge in [0.1, 0.15) is 6.61 Å². The van der Waals surface area contributed by atoms with E-state index in [0.29, 0.717) is 5.56 Å². The number of hydrogen-bond acceptors (Lipinski definition) is 4. The monoisotopic (exact) mass is 254 g/mol. The van der Waals surface area contributed by atoms with Crippen LogP contribution < -0.4 is 4.74 Å². The van der Waals surface area contributed by atoms with Gasteiger partial charge in [0.15, 0.2) is 5.75 Å². The number of ether oxygens (including phenoxy) is 1. The molecule has 0 fully saturated rings. The van der Waals surface area contributed by atoms with Crippen LogP contribution in [0.25, 0.3) is 0 Å². The summed E-state index contributed by atoms with van der Waals surface area (Å²) in [4.78, 5) is 10.3. The fraction of sp³-hybridized carbons (Fsp3) is 0.0714. The second-order valence-electron chi connectivity index (χ2n) is 3.83. The van der Waals surface area contributed by atoms with E-state index in [-0.39, 0.29) is 18.0 Å². The molecule has 19 heavy (non-hydrogen) atoms. The van der Waals surface area contributed by atoms with Gasteiger partial charge in [-0.3, -0.25) is 10.1 Å². The summed E-state index contributed by atoms with van der Waals surface area (Å²) in [5.74, 6) is 0.217. The first kappa shape index (κ1) is 12.6. The molecule has 0 radical (unpaired) electrons. The molecule has 0 N–H and O–H groups in total. The molecule has 0 aromatic heterocycles. The lowest BCUT2D eigenvalue weighted by molar-refractivity contribution is -0.385. The number of para-hydroxylation sites is 2. The van der Waals surface area contributed by atoms with Gasteiger partial charge in [-0.2, -0.15) is 5.26 Å². The van der Waals surface area contributed by atoms with E-state index >= 15 is 0 Å². The van der Waals surface area contributed by atoms with E-state index in [1.54, 1.807) is 42.5 Å². The molecule has 0 unspecified atom stereocenters. The number of benzene rings is 2. The maximum Gasteiger partial charge on any atom is 0.310 e. The van der Waals surface area contributed by atoms with E-state index in [1.165, 1.54) is 6.07 Å². The molecule has 0 heterocycles. The minimum atomic E-state index is -0.485. The van der Waals surface area contributed by atoms with E-state index in [4.69, 9.17) is 10.00 Å². The van der Waals surface area contributed by atoms with Gasteiger partial charge in [0.05, 0.1) is 16.6 Å². The molecule has 0 aliphatic carbocycles. The average molecular weight is 254 g/mol. The van der Waals surface area contributed by atoms with Crippen molar-refractivity contribution in [2.45, 2.75) is 6.61 Å². The van der Waals surface area contributed by atoms with Crippen LogP contribution in [0, 0.1) is 21.4 Å². The Hall–Kier alpha value is -2.87. The van der Waals surface area contributed by atoms with Crippen molar-refractivity contribution >= 4 is 5.69 Å². The molecular weight excluding hydrogens is 244 g/mol. The van der Waals surface area contributed by atoms with Crippen molar-refractivity contribution in [3.63, 3.8) is 0 Å². The zero-order valence-electron chi connectivity index (χ0n) is 9.95. The summed E-state index contributed by atoms with van der Waals surface area (Å²) < 4.78 is 5.43. The van der Waals surface area contributed by atoms with Gasteiger partial charge >= 0.3 is 5.69 Å². The van der Waals surface area contributed by atoms with Crippen molar-refractivity contribution in [3.8, 4) is 11.8 Å². The topological polar surface area (TPSA) is 76.2 Å². The van der Waals surface area contributed by atoms with Gasteiger partial charge in [-0.25, -0.2) is 0 Å². The van der Waals surface area contributed by atoms with Gasteiger partial charge in [-0.15, -0.1) is 0 Å². The average Bonchev–Trinajstić information content (AvgIpc) is 2.45. The first-order chi connectivity index (χ1) is 9.20. The summed E-state index contributed by atoms with van der Waals surface area (Å²) in [6.07, 6.45) is 0. The lowest BCUT2D eigenvalue weighted by Gasteiger charge is -2.06. The van der Waals surface area contributed by atoms with Crippen LogP contribution in [0.3, 0.4) is 0 Å². The molecule has 0 saturated heterocycles. The zero-order valence-corrected chi connectivity index (χ0v) is 9.95. The Morgan fingerprint density at radius 1 is 1.21 bits per heavy atom. The molecule has 5 nitrogen and oxygen atoms in total. The summed E-state index contributed by atoms with van der Waals surface area (Å²) in [5, 5.41) is 19.6. The Balaban J connectivity index is 2.15. The van der Waals surface area contributed by atoms with Crippen molar-refractivity contribution in [2.24, 2.45) is 0 Å². The molecule has 0 atom stereocenters. The molecule has 2 aromatic carbocycles.